The molecule has 4 aromatic rings. The molecule has 31 heavy (non-hydrogen) atoms. The summed E-state index contributed by atoms with van der Waals surface area (Å²) in [5.74, 6) is 1.86. The fraction of sp³-hybridized carbons (Fsp3) is 0.333. The molecule has 0 aliphatic carbocycles. The summed E-state index contributed by atoms with van der Waals surface area (Å²) in [6, 6.07) is 4.20. The first-order valence-electron chi connectivity index (χ1n) is 10.00. The lowest BCUT2D eigenvalue weighted by molar-refractivity contribution is -0.137. The van der Waals surface area contributed by atoms with Gasteiger partial charge in [-0.05, 0) is 36.1 Å². The van der Waals surface area contributed by atoms with Gasteiger partial charge in [-0.1, -0.05) is 6.92 Å². The van der Waals surface area contributed by atoms with E-state index in [2.05, 4.69) is 37.0 Å². The van der Waals surface area contributed by atoms with Gasteiger partial charge in [0, 0.05) is 37.6 Å². The highest BCUT2D eigenvalue weighted by Gasteiger charge is 2.31. The summed E-state index contributed by atoms with van der Waals surface area (Å²) >= 11 is 0. The fourth-order valence-corrected chi connectivity index (χ4v) is 4.23. The second-order valence-corrected chi connectivity index (χ2v) is 8.00. The van der Waals surface area contributed by atoms with Crippen LogP contribution in [0.5, 0.6) is 0 Å². The number of pyridine rings is 1. The minimum absolute atomic E-state index is 0.325. The molecule has 0 unspecified atom stereocenters. The predicted octanol–water partition coefficient (Wildman–Crippen LogP) is 4.16. The molecule has 0 radical (unpaired) electrons. The number of aromatic nitrogens is 6. The van der Waals surface area contributed by atoms with E-state index in [1.807, 2.05) is 18.5 Å². The van der Waals surface area contributed by atoms with Gasteiger partial charge in [-0.2, -0.15) is 18.3 Å². The standard InChI is InChI=1S/C21H20F3N7/c1-13-6-14(15-7-27-28-8-15)11-30(10-13)19-4-5-25-20(29-19)17-9-26-18-3-2-16(12-31(17)18)21(22,23)24/h2-5,7-9,12-14H,6,10-11H2,1H3,(H,27,28)/t13-,14-/m1/s1. The molecule has 0 amide bonds. The van der Waals surface area contributed by atoms with Crippen LogP contribution in [-0.4, -0.2) is 42.6 Å². The Labute approximate surface area is 176 Å². The van der Waals surface area contributed by atoms with E-state index in [-0.39, 0.29) is 0 Å². The number of rotatable bonds is 3. The van der Waals surface area contributed by atoms with E-state index in [0.29, 0.717) is 29.0 Å². The number of nitrogens with zero attached hydrogens (tertiary/aromatic N) is 6. The number of H-pyrrole nitrogens is 1. The number of imidazole rings is 1. The van der Waals surface area contributed by atoms with Crippen LogP contribution in [0.25, 0.3) is 17.2 Å². The van der Waals surface area contributed by atoms with E-state index in [4.69, 9.17) is 0 Å². The Morgan fingerprint density at radius 1 is 1.10 bits per heavy atom. The molecule has 1 aliphatic rings. The van der Waals surface area contributed by atoms with E-state index < -0.39 is 11.7 Å². The average molecular weight is 427 g/mol. The van der Waals surface area contributed by atoms with Crippen molar-refractivity contribution in [3.8, 4) is 11.5 Å². The lowest BCUT2D eigenvalue weighted by atomic mass is 9.87. The van der Waals surface area contributed by atoms with Crippen LogP contribution in [0.2, 0.25) is 0 Å². The highest BCUT2D eigenvalue weighted by Crippen LogP contribution is 2.33. The molecular formula is C21H20F3N7. The molecule has 0 aromatic carbocycles. The lowest BCUT2D eigenvalue weighted by Gasteiger charge is -2.37. The highest BCUT2D eigenvalue weighted by atomic mass is 19.4. The number of fused-ring (bicyclic) bond motifs is 1. The molecule has 160 valence electrons. The second-order valence-electron chi connectivity index (χ2n) is 8.00. The van der Waals surface area contributed by atoms with Gasteiger partial charge in [-0.3, -0.25) is 9.50 Å². The average Bonchev–Trinajstić information content (AvgIpc) is 3.42. The van der Waals surface area contributed by atoms with Gasteiger partial charge in [-0.25, -0.2) is 15.0 Å². The molecule has 1 aliphatic heterocycles. The normalized spacial score (nSPS) is 19.8. The number of nitrogens with one attached hydrogen (secondary N) is 1. The molecule has 0 bridgehead atoms. The molecular weight excluding hydrogens is 407 g/mol. The van der Waals surface area contributed by atoms with Gasteiger partial charge < -0.3 is 4.90 Å². The maximum absolute atomic E-state index is 13.2. The zero-order chi connectivity index (χ0) is 21.6. The summed E-state index contributed by atoms with van der Waals surface area (Å²) in [5.41, 5.74) is 1.23. The summed E-state index contributed by atoms with van der Waals surface area (Å²) in [4.78, 5) is 15.4. The third kappa shape index (κ3) is 3.73. The maximum Gasteiger partial charge on any atom is 0.417 e. The summed E-state index contributed by atoms with van der Waals surface area (Å²) in [7, 11) is 0. The van der Waals surface area contributed by atoms with Crippen LogP contribution in [0.1, 0.15) is 30.4 Å². The minimum Gasteiger partial charge on any atom is -0.356 e. The summed E-state index contributed by atoms with van der Waals surface area (Å²) in [6.45, 7) is 3.83. The van der Waals surface area contributed by atoms with Crippen LogP contribution in [-0.2, 0) is 6.18 Å². The van der Waals surface area contributed by atoms with Crippen molar-refractivity contribution >= 4 is 11.5 Å². The maximum atomic E-state index is 13.2. The van der Waals surface area contributed by atoms with Gasteiger partial charge in [0.2, 0.25) is 0 Å². The zero-order valence-electron chi connectivity index (χ0n) is 16.7. The molecule has 1 saturated heterocycles. The zero-order valence-corrected chi connectivity index (χ0v) is 16.7. The van der Waals surface area contributed by atoms with Crippen molar-refractivity contribution in [1.82, 2.24) is 29.5 Å². The Morgan fingerprint density at radius 2 is 1.97 bits per heavy atom. The summed E-state index contributed by atoms with van der Waals surface area (Å²) < 4.78 is 40.9. The number of hydrogen-bond acceptors (Lipinski definition) is 5. The van der Waals surface area contributed by atoms with Gasteiger partial charge in [0.05, 0.1) is 18.0 Å². The molecule has 2 atom stereocenters. The quantitative estimate of drug-likeness (QED) is 0.531. The van der Waals surface area contributed by atoms with Gasteiger partial charge in [-0.15, -0.1) is 0 Å². The van der Waals surface area contributed by atoms with E-state index in [1.54, 1.807) is 6.20 Å². The number of halogens is 3. The Bertz CT molecular complexity index is 1200. The highest BCUT2D eigenvalue weighted by molar-refractivity contribution is 5.59. The molecule has 0 spiro atoms. The van der Waals surface area contributed by atoms with Crippen molar-refractivity contribution in [2.45, 2.75) is 25.4 Å². The van der Waals surface area contributed by atoms with Crippen molar-refractivity contribution in [3.63, 3.8) is 0 Å². The van der Waals surface area contributed by atoms with E-state index in [9.17, 15) is 13.2 Å². The SMILES string of the molecule is C[C@@H]1C[C@@H](c2cn[nH]c2)CN(c2ccnc(-c3cnc4ccc(C(F)(F)F)cn34)n2)C1. The van der Waals surface area contributed by atoms with E-state index in [0.717, 1.165) is 43.2 Å². The lowest BCUT2D eigenvalue weighted by Crippen LogP contribution is -2.39. The molecule has 1 N–H and O–H groups in total. The van der Waals surface area contributed by atoms with Gasteiger partial charge in [0.1, 0.15) is 17.2 Å². The van der Waals surface area contributed by atoms with Crippen molar-refractivity contribution in [3.05, 3.63) is 60.3 Å². The predicted molar refractivity (Wildman–Crippen MR) is 109 cm³/mol. The van der Waals surface area contributed by atoms with Crippen molar-refractivity contribution in [1.29, 1.82) is 0 Å². The fourth-order valence-electron chi connectivity index (χ4n) is 4.23. The summed E-state index contributed by atoms with van der Waals surface area (Å²) in [6.07, 6.45) is 4.56. The van der Waals surface area contributed by atoms with Crippen LogP contribution in [0, 0.1) is 5.92 Å². The van der Waals surface area contributed by atoms with Crippen LogP contribution >= 0.6 is 0 Å². The molecule has 10 heteroatoms. The number of piperidine rings is 1. The van der Waals surface area contributed by atoms with E-state index >= 15 is 0 Å². The van der Waals surface area contributed by atoms with Gasteiger partial charge in [0.15, 0.2) is 5.82 Å². The third-order valence-electron chi connectivity index (χ3n) is 5.68. The minimum atomic E-state index is -4.44. The number of hydrogen-bond donors (Lipinski definition) is 1. The number of alkyl halides is 3. The van der Waals surface area contributed by atoms with Crippen molar-refractivity contribution in [2.75, 3.05) is 18.0 Å². The monoisotopic (exact) mass is 427 g/mol. The first-order chi connectivity index (χ1) is 14.9. The van der Waals surface area contributed by atoms with Crippen LogP contribution in [0.3, 0.4) is 0 Å². The smallest absolute Gasteiger partial charge is 0.356 e. The molecule has 1 fully saturated rings. The third-order valence-corrected chi connectivity index (χ3v) is 5.68. The van der Waals surface area contributed by atoms with Gasteiger partial charge in [0.25, 0.3) is 0 Å². The Kier molecular flexibility index (Phi) is 4.64. The molecule has 0 saturated carbocycles. The number of anilines is 1. The topological polar surface area (TPSA) is 75.0 Å². The Balaban J connectivity index is 1.49. The largest absolute Gasteiger partial charge is 0.417 e. The number of aromatic amines is 1. The van der Waals surface area contributed by atoms with Gasteiger partial charge >= 0.3 is 6.18 Å². The first-order valence-corrected chi connectivity index (χ1v) is 10.00. The van der Waals surface area contributed by atoms with Crippen LogP contribution < -0.4 is 4.90 Å². The Hall–Kier alpha value is -3.43. The van der Waals surface area contributed by atoms with Crippen molar-refractivity contribution in [2.24, 2.45) is 5.92 Å². The molecule has 7 nitrogen and oxygen atoms in total. The Morgan fingerprint density at radius 3 is 2.74 bits per heavy atom. The van der Waals surface area contributed by atoms with Crippen molar-refractivity contribution < 1.29 is 13.2 Å². The molecule has 4 aromatic heterocycles. The first kappa shape index (κ1) is 19.5. The molecule has 5 rings (SSSR count). The summed E-state index contributed by atoms with van der Waals surface area (Å²) in [5, 5.41) is 6.93. The van der Waals surface area contributed by atoms with Crippen LogP contribution in [0.15, 0.2) is 49.2 Å². The van der Waals surface area contributed by atoms with E-state index in [1.165, 1.54) is 16.7 Å². The molecule has 5 heterocycles. The second kappa shape index (κ2) is 7.36. The van der Waals surface area contributed by atoms with Crippen LogP contribution in [0.4, 0.5) is 19.0 Å².